The number of likely N-dealkylation sites (tertiary alicyclic amines) is 1. The van der Waals surface area contributed by atoms with Crippen LogP contribution in [0.4, 0.5) is 10.1 Å². The van der Waals surface area contributed by atoms with Crippen LogP contribution in [-0.4, -0.2) is 35.1 Å². The van der Waals surface area contributed by atoms with Crippen molar-refractivity contribution in [3.8, 4) is 0 Å². The van der Waals surface area contributed by atoms with E-state index in [0.29, 0.717) is 25.1 Å². The van der Waals surface area contributed by atoms with Gasteiger partial charge in [0, 0.05) is 29.9 Å². The van der Waals surface area contributed by atoms with E-state index in [4.69, 9.17) is 5.73 Å². The van der Waals surface area contributed by atoms with Gasteiger partial charge in [0.2, 0.25) is 0 Å². The maximum Gasteiger partial charge on any atom is 0.254 e. The molecular weight excluding hydrogens is 247 g/mol. The van der Waals surface area contributed by atoms with Gasteiger partial charge in [-0.15, -0.1) is 0 Å². The lowest BCUT2D eigenvalue weighted by atomic mass is 9.96. The highest BCUT2D eigenvalue weighted by molar-refractivity contribution is 5.95. The minimum atomic E-state index is -0.464. The molecule has 1 saturated heterocycles. The Morgan fingerprint density at radius 2 is 2.21 bits per heavy atom. The molecule has 1 amide bonds. The zero-order valence-corrected chi connectivity index (χ0v) is 11.2. The maximum absolute atomic E-state index is 13.6. The van der Waals surface area contributed by atoms with Gasteiger partial charge in [-0.3, -0.25) is 4.79 Å². The Bertz CT molecular complexity index is 481. The summed E-state index contributed by atoms with van der Waals surface area (Å²) in [7, 11) is 0. The lowest BCUT2D eigenvalue weighted by Crippen LogP contribution is -2.45. The predicted octanol–water partition coefficient (Wildman–Crippen LogP) is 1.56. The van der Waals surface area contributed by atoms with Crippen molar-refractivity contribution >= 4 is 11.6 Å². The van der Waals surface area contributed by atoms with Crippen molar-refractivity contribution in [1.82, 2.24) is 4.90 Å². The number of benzene rings is 1. The molecule has 1 heterocycles. The van der Waals surface area contributed by atoms with Crippen LogP contribution in [0.25, 0.3) is 0 Å². The number of aliphatic hydroxyl groups excluding tert-OH is 1. The minimum absolute atomic E-state index is 0.0327. The van der Waals surface area contributed by atoms with Crippen LogP contribution in [0.5, 0.6) is 0 Å². The quantitative estimate of drug-likeness (QED) is 0.758. The highest BCUT2D eigenvalue weighted by Gasteiger charge is 2.28. The van der Waals surface area contributed by atoms with Crippen molar-refractivity contribution in [2.45, 2.75) is 26.4 Å². The van der Waals surface area contributed by atoms with E-state index in [1.165, 1.54) is 12.1 Å². The average Bonchev–Trinajstić information content (AvgIpc) is 2.37. The summed E-state index contributed by atoms with van der Waals surface area (Å²) >= 11 is 0. The highest BCUT2D eigenvalue weighted by Crippen LogP contribution is 2.22. The molecule has 104 valence electrons. The lowest BCUT2D eigenvalue weighted by molar-refractivity contribution is 0.0297. The van der Waals surface area contributed by atoms with Gasteiger partial charge in [-0.25, -0.2) is 4.39 Å². The third-order valence-corrected chi connectivity index (χ3v) is 3.78. The van der Waals surface area contributed by atoms with E-state index >= 15 is 0 Å². The van der Waals surface area contributed by atoms with E-state index in [0.717, 1.165) is 0 Å². The number of piperidine rings is 1. The number of aliphatic hydroxyl groups is 1. The normalized spacial score (nSPS) is 23.5. The second-order valence-corrected chi connectivity index (χ2v) is 5.26. The Morgan fingerprint density at radius 3 is 2.79 bits per heavy atom. The van der Waals surface area contributed by atoms with Crippen LogP contribution in [0.1, 0.15) is 29.3 Å². The summed E-state index contributed by atoms with van der Waals surface area (Å²) in [5.41, 5.74) is 6.60. The van der Waals surface area contributed by atoms with Crippen LogP contribution in [0.3, 0.4) is 0 Å². The Morgan fingerprint density at radius 1 is 1.53 bits per heavy atom. The molecule has 1 aliphatic rings. The molecule has 1 fully saturated rings. The molecule has 2 atom stereocenters. The van der Waals surface area contributed by atoms with Crippen molar-refractivity contribution in [3.05, 3.63) is 29.1 Å². The summed E-state index contributed by atoms with van der Waals surface area (Å²) in [4.78, 5) is 13.9. The number of hydrogen-bond acceptors (Lipinski definition) is 3. The number of hydrogen-bond donors (Lipinski definition) is 2. The molecule has 2 rings (SSSR count). The molecule has 19 heavy (non-hydrogen) atoms. The number of nitrogen functional groups attached to an aromatic ring is 1. The molecule has 0 bridgehead atoms. The number of anilines is 1. The molecule has 4 nitrogen and oxygen atoms in total. The number of nitrogens with two attached hydrogens (primary N) is 1. The van der Waals surface area contributed by atoms with Crippen LogP contribution < -0.4 is 5.73 Å². The van der Waals surface area contributed by atoms with Crippen LogP contribution in [0.15, 0.2) is 12.1 Å². The zero-order chi connectivity index (χ0) is 14.2. The number of carbonyl (C=O) groups excluding carboxylic acids is 1. The van der Waals surface area contributed by atoms with Gasteiger partial charge in [-0.2, -0.15) is 0 Å². The number of amides is 1. The molecule has 2 unspecified atom stereocenters. The molecule has 0 aromatic heterocycles. The van der Waals surface area contributed by atoms with E-state index in [9.17, 15) is 14.3 Å². The van der Waals surface area contributed by atoms with Gasteiger partial charge in [0.1, 0.15) is 5.82 Å². The van der Waals surface area contributed by atoms with Crippen LogP contribution in [-0.2, 0) is 0 Å². The second kappa shape index (κ2) is 5.17. The molecular formula is C14H19FN2O2. The monoisotopic (exact) mass is 266 g/mol. The standard InChI is InChI=1S/C14H19FN2O2/c1-8-7-17(4-3-13(8)18)14(19)10-5-11(15)9(2)12(16)6-10/h5-6,8,13,18H,3-4,7,16H2,1-2H3. The number of nitrogens with zero attached hydrogens (tertiary/aromatic N) is 1. The Labute approximate surface area is 112 Å². The smallest absolute Gasteiger partial charge is 0.254 e. The Hall–Kier alpha value is -1.62. The third kappa shape index (κ3) is 2.71. The highest BCUT2D eigenvalue weighted by atomic mass is 19.1. The Balaban J connectivity index is 2.20. The maximum atomic E-state index is 13.6. The van der Waals surface area contributed by atoms with Crippen molar-refractivity contribution in [3.63, 3.8) is 0 Å². The molecule has 1 aromatic carbocycles. The minimum Gasteiger partial charge on any atom is -0.398 e. The molecule has 0 saturated carbocycles. The second-order valence-electron chi connectivity index (χ2n) is 5.26. The fourth-order valence-electron chi connectivity index (χ4n) is 2.32. The SMILES string of the molecule is Cc1c(N)cc(C(=O)N2CCC(O)C(C)C2)cc1F. The molecule has 0 aliphatic carbocycles. The zero-order valence-electron chi connectivity index (χ0n) is 11.2. The average molecular weight is 266 g/mol. The van der Waals surface area contributed by atoms with Crippen molar-refractivity contribution in [2.24, 2.45) is 5.92 Å². The van der Waals surface area contributed by atoms with Gasteiger partial charge >= 0.3 is 0 Å². The van der Waals surface area contributed by atoms with Gasteiger partial charge in [0.25, 0.3) is 5.91 Å². The molecule has 0 spiro atoms. The van der Waals surface area contributed by atoms with Crippen LogP contribution >= 0.6 is 0 Å². The summed E-state index contributed by atoms with van der Waals surface area (Å²) < 4.78 is 13.6. The van der Waals surface area contributed by atoms with Crippen molar-refractivity contribution < 1.29 is 14.3 Å². The summed E-state index contributed by atoms with van der Waals surface area (Å²) in [5, 5.41) is 9.65. The topological polar surface area (TPSA) is 66.6 Å². The van der Waals surface area contributed by atoms with Gasteiger partial charge in [-0.1, -0.05) is 6.92 Å². The fourth-order valence-corrected chi connectivity index (χ4v) is 2.32. The first-order chi connectivity index (χ1) is 8.90. The number of rotatable bonds is 1. The van der Waals surface area contributed by atoms with E-state index < -0.39 is 5.82 Å². The third-order valence-electron chi connectivity index (χ3n) is 3.78. The summed E-state index contributed by atoms with van der Waals surface area (Å²) in [5.74, 6) is -0.664. The molecule has 1 aliphatic heterocycles. The summed E-state index contributed by atoms with van der Waals surface area (Å²) in [6.45, 7) is 4.45. The number of halogens is 1. The first-order valence-corrected chi connectivity index (χ1v) is 6.43. The first-order valence-electron chi connectivity index (χ1n) is 6.43. The fraction of sp³-hybridized carbons (Fsp3) is 0.500. The summed E-state index contributed by atoms with van der Waals surface area (Å²) in [6, 6.07) is 2.74. The molecule has 1 aromatic rings. The number of carbonyl (C=O) groups is 1. The van der Waals surface area contributed by atoms with Crippen LogP contribution in [0.2, 0.25) is 0 Å². The lowest BCUT2D eigenvalue weighted by Gasteiger charge is -2.34. The first kappa shape index (κ1) is 13.8. The van der Waals surface area contributed by atoms with E-state index in [1.807, 2.05) is 6.92 Å². The van der Waals surface area contributed by atoms with Crippen molar-refractivity contribution in [1.29, 1.82) is 0 Å². The predicted molar refractivity (Wildman–Crippen MR) is 71.2 cm³/mol. The van der Waals surface area contributed by atoms with Crippen molar-refractivity contribution in [2.75, 3.05) is 18.8 Å². The van der Waals surface area contributed by atoms with E-state index in [2.05, 4.69) is 0 Å². The molecule has 3 N–H and O–H groups in total. The van der Waals surface area contributed by atoms with E-state index in [-0.39, 0.29) is 29.2 Å². The summed E-state index contributed by atoms with van der Waals surface area (Å²) in [6.07, 6.45) is 0.181. The van der Waals surface area contributed by atoms with Crippen LogP contribution in [0, 0.1) is 18.7 Å². The Kier molecular flexibility index (Phi) is 3.75. The largest absolute Gasteiger partial charge is 0.398 e. The van der Waals surface area contributed by atoms with Gasteiger partial charge in [0.15, 0.2) is 0 Å². The van der Waals surface area contributed by atoms with Gasteiger partial charge in [-0.05, 0) is 31.4 Å². The molecule has 0 radical (unpaired) electrons. The van der Waals surface area contributed by atoms with Gasteiger partial charge in [0.05, 0.1) is 6.10 Å². The van der Waals surface area contributed by atoms with Gasteiger partial charge < -0.3 is 15.7 Å². The van der Waals surface area contributed by atoms with E-state index in [1.54, 1.807) is 11.8 Å². The molecule has 5 heteroatoms.